The molecule has 0 aliphatic carbocycles. The Hall–Kier alpha value is -4.71. The van der Waals surface area contributed by atoms with Gasteiger partial charge >= 0.3 is 0 Å². The second-order valence-electron chi connectivity index (χ2n) is 7.06. The van der Waals surface area contributed by atoms with Crippen molar-refractivity contribution in [3.63, 3.8) is 0 Å². The molecule has 0 radical (unpaired) electrons. The molecule has 3 N–H and O–H groups in total. The lowest BCUT2D eigenvalue weighted by molar-refractivity contribution is -0.394. The lowest BCUT2D eigenvalue weighted by atomic mass is 10.1. The maximum absolute atomic E-state index is 12.5. The molecule has 12 heteroatoms. The van der Waals surface area contributed by atoms with Gasteiger partial charge in [0.2, 0.25) is 0 Å². The third kappa shape index (κ3) is 6.17. The van der Waals surface area contributed by atoms with Crippen LogP contribution in [0.3, 0.4) is 0 Å². The highest BCUT2D eigenvalue weighted by Crippen LogP contribution is 2.23. The van der Waals surface area contributed by atoms with Crippen molar-refractivity contribution in [3.8, 4) is 0 Å². The normalized spacial score (nSPS) is 10.1. The topological polar surface area (TPSA) is 157 Å². The molecule has 0 heterocycles. The Bertz CT molecular complexity index is 1290. The van der Waals surface area contributed by atoms with Crippen molar-refractivity contribution in [2.75, 3.05) is 10.6 Å². The Morgan fingerprint density at radius 3 is 1.94 bits per heavy atom. The molecule has 3 rings (SSSR count). The molecule has 0 saturated carbocycles. The van der Waals surface area contributed by atoms with Gasteiger partial charge in [0.25, 0.3) is 23.2 Å². The average Bonchev–Trinajstić information content (AvgIpc) is 2.78. The van der Waals surface area contributed by atoms with Gasteiger partial charge in [-0.25, -0.2) is 0 Å². The third-order valence-corrected chi connectivity index (χ3v) is 4.68. The molecule has 0 aliphatic heterocycles. The molecule has 0 aliphatic rings. The Morgan fingerprint density at radius 1 is 0.765 bits per heavy atom. The number of nitro benzene ring substituents is 2. The lowest BCUT2D eigenvalue weighted by Gasteiger charge is -2.11. The van der Waals surface area contributed by atoms with E-state index in [1.807, 2.05) is 25.1 Å². The van der Waals surface area contributed by atoms with E-state index in [1.165, 1.54) is 6.07 Å². The number of nitrogens with zero attached hydrogens (tertiary/aromatic N) is 2. The number of hydrogen-bond donors (Lipinski definition) is 3. The molecule has 11 nitrogen and oxygen atoms in total. The highest BCUT2D eigenvalue weighted by atomic mass is 32.1. The minimum absolute atomic E-state index is 0.171. The molecule has 0 bridgehead atoms. The molecule has 3 aromatic rings. The van der Waals surface area contributed by atoms with Crippen LogP contribution in [0.15, 0.2) is 66.7 Å². The molecular formula is C22H17N5O6S. The highest BCUT2D eigenvalue weighted by molar-refractivity contribution is 7.80. The quantitative estimate of drug-likeness (QED) is 0.270. The number of anilines is 2. The summed E-state index contributed by atoms with van der Waals surface area (Å²) in [5.74, 6) is -1.23. The number of aryl methyl sites for hydroxylation is 1. The van der Waals surface area contributed by atoms with Crippen LogP contribution in [-0.4, -0.2) is 26.8 Å². The number of carbonyl (C=O) groups is 2. The third-order valence-electron chi connectivity index (χ3n) is 4.47. The molecule has 0 aromatic heterocycles. The second kappa shape index (κ2) is 10.3. The summed E-state index contributed by atoms with van der Waals surface area (Å²) in [7, 11) is 0. The first kappa shape index (κ1) is 23.9. The number of benzene rings is 3. The first-order valence-corrected chi connectivity index (χ1v) is 10.1. The van der Waals surface area contributed by atoms with Crippen molar-refractivity contribution >= 4 is 51.9 Å². The van der Waals surface area contributed by atoms with Crippen molar-refractivity contribution in [1.29, 1.82) is 0 Å². The fourth-order valence-corrected chi connectivity index (χ4v) is 3.15. The first-order valence-electron chi connectivity index (χ1n) is 9.66. The number of nitrogens with one attached hydrogen (secondary N) is 3. The number of hydrogen-bond acceptors (Lipinski definition) is 7. The Morgan fingerprint density at radius 2 is 1.35 bits per heavy atom. The summed E-state index contributed by atoms with van der Waals surface area (Å²) in [4.78, 5) is 45.3. The minimum Gasteiger partial charge on any atom is -0.332 e. The maximum atomic E-state index is 12.5. The fraction of sp³-hybridized carbons (Fsp3) is 0.0455. The van der Waals surface area contributed by atoms with Crippen LogP contribution in [0.4, 0.5) is 22.7 Å². The summed E-state index contributed by atoms with van der Waals surface area (Å²) in [6.45, 7) is 1.90. The predicted molar refractivity (Wildman–Crippen MR) is 129 cm³/mol. The van der Waals surface area contributed by atoms with Gasteiger partial charge < -0.3 is 10.6 Å². The maximum Gasteiger partial charge on any atom is 0.277 e. The SMILES string of the molecule is Cc1cccc(NC(=O)c2cccc(NC(=S)NC(=O)c3cc([N+](=O)[O-])cc([N+](=O)[O-])c3)c2)c1. The molecule has 0 spiro atoms. The van der Waals surface area contributed by atoms with E-state index < -0.39 is 27.1 Å². The van der Waals surface area contributed by atoms with E-state index in [0.29, 0.717) is 16.9 Å². The van der Waals surface area contributed by atoms with E-state index in [0.717, 1.165) is 23.8 Å². The summed E-state index contributed by atoms with van der Waals surface area (Å²) >= 11 is 5.10. The monoisotopic (exact) mass is 479 g/mol. The molecule has 2 amide bonds. The zero-order valence-electron chi connectivity index (χ0n) is 17.6. The highest BCUT2D eigenvalue weighted by Gasteiger charge is 2.20. The Kier molecular flexibility index (Phi) is 7.23. The van der Waals surface area contributed by atoms with Crippen LogP contribution >= 0.6 is 12.2 Å². The molecule has 0 atom stereocenters. The van der Waals surface area contributed by atoms with Crippen LogP contribution in [-0.2, 0) is 0 Å². The van der Waals surface area contributed by atoms with Crippen LogP contribution in [0.25, 0.3) is 0 Å². The van der Waals surface area contributed by atoms with Gasteiger partial charge in [-0.2, -0.15) is 0 Å². The zero-order valence-corrected chi connectivity index (χ0v) is 18.4. The van der Waals surface area contributed by atoms with Crippen molar-refractivity contribution in [1.82, 2.24) is 5.32 Å². The summed E-state index contributed by atoms with van der Waals surface area (Å²) in [6, 6.07) is 16.2. The van der Waals surface area contributed by atoms with Crippen LogP contribution < -0.4 is 16.0 Å². The fourth-order valence-electron chi connectivity index (χ4n) is 2.94. The van der Waals surface area contributed by atoms with Crippen molar-refractivity contribution in [2.45, 2.75) is 6.92 Å². The van der Waals surface area contributed by atoms with Crippen LogP contribution in [0, 0.1) is 27.2 Å². The van der Waals surface area contributed by atoms with Crippen LogP contribution in [0.5, 0.6) is 0 Å². The average molecular weight is 479 g/mol. The molecule has 3 aromatic carbocycles. The number of nitro groups is 2. The molecule has 34 heavy (non-hydrogen) atoms. The van der Waals surface area contributed by atoms with E-state index in [-0.39, 0.29) is 16.6 Å². The second-order valence-corrected chi connectivity index (χ2v) is 7.47. The van der Waals surface area contributed by atoms with E-state index in [4.69, 9.17) is 12.2 Å². The van der Waals surface area contributed by atoms with Crippen molar-refractivity contribution in [2.24, 2.45) is 0 Å². The minimum atomic E-state index is -0.877. The van der Waals surface area contributed by atoms with Crippen molar-refractivity contribution in [3.05, 3.63) is 104 Å². The first-order chi connectivity index (χ1) is 16.1. The molecule has 172 valence electrons. The smallest absolute Gasteiger partial charge is 0.277 e. The lowest BCUT2D eigenvalue weighted by Crippen LogP contribution is -2.34. The van der Waals surface area contributed by atoms with E-state index in [1.54, 1.807) is 24.3 Å². The van der Waals surface area contributed by atoms with Gasteiger partial charge in [0, 0.05) is 29.1 Å². The number of rotatable bonds is 6. The Balaban J connectivity index is 1.69. The van der Waals surface area contributed by atoms with Gasteiger partial charge in [-0.3, -0.25) is 35.1 Å². The van der Waals surface area contributed by atoms with E-state index in [2.05, 4.69) is 16.0 Å². The Labute approximate surface area is 198 Å². The van der Waals surface area contributed by atoms with Gasteiger partial charge in [-0.15, -0.1) is 0 Å². The van der Waals surface area contributed by atoms with Crippen LogP contribution in [0.1, 0.15) is 26.3 Å². The van der Waals surface area contributed by atoms with Crippen molar-refractivity contribution < 1.29 is 19.4 Å². The van der Waals surface area contributed by atoms with E-state index >= 15 is 0 Å². The van der Waals surface area contributed by atoms with E-state index in [9.17, 15) is 29.8 Å². The predicted octanol–water partition coefficient (Wildman–Crippen LogP) is 4.19. The largest absolute Gasteiger partial charge is 0.332 e. The van der Waals surface area contributed by atoms with Gasteiger partial charge in [0.15, 0.2) is 5.11 Å². The summed E-state index contributed by atoms with van der Waals surface area (Å²) in [5.41, 5.74) is 0.829. The summed E-state index contributed by atoms with van der Waals surface area (Å²) in [5, 5.41) is 29.7. The number of amides is 2. The van der Waals surface area contributed by atoms with Crippen LogP contribution in [0.2, 0.25) is 0 Å². The molecule has 0 saturated heterocycles. The number of carbonyl (C=O) groups excluding carboxylic acids is 2. The van der Waals surface area contributed by atoms with Gasteiger partial charge in [-0.05, 0) is 55.0 Å². The summed E-state index contributed by atoms with van der Waals surface area (Å²) < 4.78 is 0. The zero-order chi connectivity index (χ0) is 24.8. The summed E-state index contributed by atoms with van der Waals surface area (Å²) in [6.07, 6.45) is 0. The standard InChI is InChI=1S/C22H17N5O6S/c1-13-4-2-6-16(8-13)23-20(28)14-5-3-7-17(9-14)24-22(34)25-21(29)15-10-18(26(30)31)12-19(11-15)27(32)33/h2-12H,1H3,(H,23,28)(H2,24,25,29,34). The molecule has 0 fully saturated rings. The van der Waals surface area contributed by atoms with Gasteiger partial charge in [0.1, 0.15) is 0 Å². The number of thiocarbonyl (C=S) groups is 1. The number of non-ortho nitro benzene ring substituents is 2. The molecule has 0 unspecified atom stereocenters. The van der Waals surface area contributed by atoms with Gasteiger partial charge in [-0.1, -0.05) is 18.2 Å². The van der Waals surface area contributed by atoms with Gasteiger partial charge in [0.05, 0.1) is 21.5 Å². The molecular weight excluding hydrogens is 462 g/mol.